The van der Waals surface area contributed by atoms with E-state index in [0.29, 0.717) is 6.04 Å². The first-order valence-electron chi connectivity index (χ1n) is 10.4. The van der Waals surface area contributed by atoms with Gasteiger partial charge in [0, 0.05) is 48.3 Å². The minimum absolute atomic E-state index is 0.0279. The van der Waals surface area contributed by atoms with E-state index in [4.69, 9.17) is 0 Å². The minimum Gasteiger partial charge on any atom is -0.368 e. The fraction of sp³-hybridized carbons (Fsp3) is 0.375. The van der Waals surface area contributed by atoms with E-state index in [-0.39, 0.29) is 11.4 Å². The number of carbonyl (C=O) groups excluding carboxylic acids is 1. The van der Waals surface area contributed by atoms with Crippen LogP contribution in [0.5, 0.6) is 0 Å². The Morgan fingerprint density at radius 2 is 1.83 bits per heavy atom. The van der Waals surface area contributed by atoms with Crippen LogP contribution in [0.25, 0.3) is 5.52 Å². The zero-order valence-electron chi connectivity index (χ0n) is 17.4. The number of rotatable bonds is 5. The van der Waals surface area contributed by atoms with Crippen LogP contribution < -0.4 is 10.2 Å². The van der Waals surface area contributed by atoms with Gasteiger partial charge in [-0.15, -0.1) is 0 Å². The maximum absolute atomic E-state index is 13.3. The van der Waals surface area contributed by atoms with Crippen molar-refractivity contribution in [3.63, 3.8) is 0 Å². The molecule has 2 fully saturated rings. The van der Waals surface area contributed by atoms with Crippen molar-refractivity contribution in [1.29, 1.82) is 0 Å². The topological polar surface area (TPSA) is 40.0 Å². The maximum atomic E-state index is 13.3. The van der Waals surface area contributed by atoms with Crippen molar-refractivity contribution in [1.82, 2.24) is 14.6 Å². The quantitative estimate of drug-likeness (QED) is 0.728. The van der Waals surface area contributed by atoms with E-state index in [1.807, 2.05) is 6.92 Å². The number of hydrogen-bond donors (Lipinski definition) is 1. The number of anilines is 1. The summed E-state index contributed by atoms with van der Waals surface area (Å²) in [7, 11) is 4.24. The molecule has 3 aromatic rings. The molecule has 0 bridgehead atoms. The molecule has 2 aromatic heterocycles. The van der Waals surface area contributed by atoms with Crippen LogP contribution in [0.1, 0.15) is 34.3 Å². The zero-order valence-corrected chi connectivity index (χ0v) is 17.4. The smallest absolute Gasteiger partial charge is 0.252 e. The van der Waals surface area contributed by atoms with Crippen LogP contribution in [0.4, 0.5) is 5.69 Å². The van der Waals surface area contributed by atoms with Crippen LogP contribution in [-0.4, -0.2) is 48.4 Å². The second-order valence-corrected chi connectivity index (χ2v) is 8.78. The Morgan fingerprint density at radius 1 is 1.10 bits per heavy atom. The molecule has 2 aliphatic rings. The molecule has 29 heavy (non-hydrogen) atoms. The lowest BCUT2D eigenvalue weighted by Gasteiger charge is -2.44. The van der Waals surface area contributed by atoms with Crippen LogP contribution >= 0.6 is 0 Å². The molecule has 1 saturated heterocycles. The van der Waals surface area contributed by atoms with Crippen molar-refractivity contribution in [2.24, 2.45) is 0 Å². The largest absolute Gasteiger partial charge is 0.368 e. The van der Waals surface area contributed by atoms with Gasteiger partial charge in [0.15, 0.2) is 0 Å². The van der Waals surface area contributed by atoms with Gasteiger partial charge in [-0.1, -0.05) is 12.1 Å². The highest BCUT2D eigenvalue weighted by Crippen LogP contribution is 2.47. The Bertz CT molecular complexity index is 1070. The lowest BCUT2D eigenvalue weighted by atomic mass is 10.0. The van der Waals surface area contributed by atoms with Crippen molar-refractivity contribution < 1.29 is 4.79 Å². The highest BCUT2D eigenvalue weighted by atomic mass is 16.1. The van der Waals surface area contributed by atoms with Crippen molar-refractivity contribution in [2.45, 2.75) is 31.3 Å². The predicted octanol–water partition coefficient (Wildman–Crippen LogP) is 3.42. The molecule has 0 atom stereocenters. The molecular weight excluding hydrogens is 360 g/mol. The lowest BCUT2D eigenvalue weighted by molar-refractivity contribution is 0.0930. The van der Waals surface area contributed by atoms with Crippen molar-refractivity contribution in [3.05, 3.63) is 71.5 Å². The van der Waals surface area contributed by atoms with E-state index in [1.54, 1.807) is 0 Å². The molecule has 5 nitrogen and oxygen atoms in total. The summed E-state index contributed by atoms with van der Waals surface area (Å²) in [6.07, 6.45) is 6.08. The zero-order chi connectivity index (χ0) is 20.2. The third-order valence-corrected chi connectivity index (χ3v) is 6.61. The number of aryl methyl sites for hydroxylation is 1. The second-order valence-electron chi connectivity index (χ2n) is 8.78. The molecule has 150 valence electrons. The first-order valence-corrected chi connectivity index (χ1v) is 10.4. The van der Waals surface area contributed by atoms with Crippen LogP contribution in [-0.2, 0) is 5.54 Å². The molecule has 3 heterocycles. The molecule has 1 saturated carbocycles. The number of hydrogen-bond acceptors (Lipinski definition) is 3. The van der Waals surface area contributed by atoms with Gasteiger partial charge < -0.3 is 19.5 Å². The van der Waals surface area contributed by atoms with Crippen LogP contribution in [0, 0.1) is 6.92 Å². The third-order valence-electron chi connectivity index (χ3n) is 6.61. The molecule has 1 aliphatic heterocycles. The van der Waals surface area contributed by atoms with E-state index in [9.17, 15) is 4.79 Å². The summed E-state index contributed by atoms with van der Waals surface area (Å²) in [6, 6.07) is 15.2. The number of carbonyl (C=O) groups is 1. The molecule has 1 aliphatic carbocycles. The van der Waals surface area contributed by atoms with Gasteiger partial charge in [0.25, 0.3) is 5.91 Å². The second kappa shape index (κ2) is 6.63. The fourth-order valence-electron chi connectivity index (χ4n) is 4.39. The number of aromatic nitrogens is 1. The van der Waals surface area contributed by atoms with Gasteiger partial charge in [0.05, 0.1) is 11.1 Å². The highest BCUT2D eigenvalue weighted by Gasteiger charge is 2.47. The van der Waals surface area contributed by atoms with Gasteiger partial charge in [0.2, 0.25) is 0 Å². The first kappa shape index (κ1) is 18.3. The predicted molar refractivity (Wildman–Crippen MR) is 117 cm³/mol. The first-order chi connectivity index (χ1) is 14.0. The summed E-state index contributed by atoms with van der Waals surface area (Å²) in [5, 5.41) is 3.37. The van der Waals surface area contributed by atoms with Gasteiger partial charge in [-0.3, -0.25) is 4.79 Å². The van der Waals surface area contributed by atoms with Crippen molar-refractivity contribution in [2.75, 3.05) is 32.1 Å². The molecule has 5 rings (SSSR count). The summed E-state index contributed by atoms with van der Waals surface area (Å²) in [5.41, 5.74) is 5.08. The maximum Gasteiger partial charge on any atom is 0.252 e. The summed E-state index contributed by atoms with van der Waals surface area (Å²) >= 11 is 0. The van der Waals surface area contributed by atoms with Crippen LogP contribution in [0.2, 0.25) is 0 Å². The Balaban J connectivity index is 1.39. The number of nitrogens with one attached hydrogen (secondary N) is 1. The van der Waals surface area contributed by atoms with Gasteiger partial charge in [-0.2, -0.15) is 0 Å². The summed E-state index contributed by atoms with van der Waals surface area (Å²) in [6.45, 7) is 4.04. The number of amides is 1. The summed E-state index contributed by atoms with van der Waals surface area (Å²) in [5.74, 6) is 0.0279. The van der Waals surface area contributed by atoms with Gasteiger partial charge in [-0.05, 0) is 69.8 Å². The molecule has 0 radical (unpaired) electrons. The summed E-state index contributed by atoms with van der Waals surface area (Å²) in [4.78, 5) is 17.9. The molecule has 0 unspecified atom stereocenters. The minimum atomic E-state index is -0.243. The van der Waals surface area contributed by atoms with Crippen LogP contribution in [0.3, 0.4) is 0 Å². The number of fused-ring (bicyclic) bond motifs is 1. The van der Waals surface area contributed by atoms with E-state index in [1.165, 1.54) is 11.1 Å². The fourth-order valence-corrected chi connectivity index (χ4v) is 4.39. The Labute approximate surface area is 171 Å². The van der Waals surface area contributed by atoms with E-state index in [0.717, 1.165) is 42.7 Å². The lowest BCUT2D eigenvalue weighted by Crippen LogP contribution is -2.57. The average Bonchev–Trinajstić information content (AvgIpc) is 3.26. The Morgan fingerprint density at radius 3 is 2.52 bits per heavy atom. The normalized spacial score (nSPS) is 18.1. The Hall–Kier alpha value is -2.79. The number of nitrogens with zero attached hydrogens (tertiary/aromatic N) is 3. The van der Waals surface area contributed by atoms with Crippen molar-refractivity contribution in [3.8, 4) is 0 Å². The van der Waals surface area contributed by atoms with Gasteiger partial charge >= 0.3 is 0 Å². The standard InChI is InChI=1S/C24H28N4O/c1-17-8-9-18(28-15-19(16-28)26(2)3)14-20(17)23(29)25-24(10-11-24)21-6-4-12-27-13-5-7-22(21)27/h4-9,12-14,19H,10-11,15-16H2,1-3H3,(H,25,29). The summed E-state index contributed by atoms with van der Waals surface area (Å²) < 4.78 is 2.12. The molecule has 1 aromatic carbocycles. The Kier molecular flexibility index (Phi) is 4.17. The third kappa shape index (κ3) is 3.10. The number of pyridine rings is 1. The van der Waals surface area contributed by atoms with Crippen LogP contribution in [0.15, 0.2) is 54.9 Å². The molecule has 1 N–H and O–H groups in total. The SMILES string of the molecule is Cc1ccc(N2CC(N(C)C)C2)cc1C(=O)NC1(c2cccn3cccc23)CC1. The van der Waals surface area contributed by atoms with E-state index < -0.39 is 0 Å². The molecule has 1 amide bonds. The van der Waals surface area contributed by atoms with E-state index >= 15 is 0 Å². The average molecular weight is 389 g/mol. The molecule has 0 spiro atoms. The van der Waals surface area contributed by atoms with Gasteiger partial charge in [-0.25, -0.2) is 0 Å². The van der Waals surface area contributed by atoms with E-state index in [2.05, 4.69) is 88.5 Å². The van der Waals surface area contributed by atoms with Crippen molar-refractivity contribution >= 4 is 17.1 Å². The number of likely N-dealkylation sites (N-methyl/N-ethyl adjacent to an activating group) is 1. The monoisotopic (exact) mass is 388 g/mol. The highest BCUT2D eigenvalue weighted by molar-refractivity contribution is 5.97. The molecule has 5 heteroatoms. The molecular formula is C24H28N4O. The van der Waals surface area contributed by atoms with Gasteiger partial charge in [0.1, 0.15) is 0 Å². The number of benzene rings is 1.